The Morgan fingerprint density at radius 1 is 1.19 bits per heavy atom. The maximum atomic E-state index is 11.7. The van der Waals surface area contributed by atoms with E-state index in [2.05, 4.69) is 10.3 Å². The number of ether oxygens (including phenoxy) is 1. The number of pyridine rings is 1. The van der Waals surface area contributed by atoms with Crippen molar-refractivity contribution in [1.29, 1.82) is 0 Å². The van der Waals surface area contributed by atoms with Gasteiger partial charge in [0, 0.05) is 19.0 Å². The molecule has 21 heavy (non-hydrogen) atoms. The van der Waals surface area contributed by atoms with E-state index in [4.69, 9.17) is 10.5 Å². The van der Waals surface area contributed by atoms with Crippen molar-refractivity contribution in [3.05, 3.63) is 54.4 Å². The van der Waals surface area contributed by atoms with E-state index in [0.717, 1.165) is 12.8 Å². The Kier molecular flexibility index (Phi) is 5.72. The number of nitrogens with one attached hydrogen (secondary N) is 1. The molecule has 0 radical (unpaired) electrons. The first-order valence-corrected chi connectivity index (χ1v) is 6.87. The zero-order chi connectivity index (χ0) is 14.9. The summed E-state index contributed by atoms with van der Waals surface area (Å²) < 4.78 is 5.36. The monoisotopic (exact) mass is 285 g/mol. The zero-order valence-corrected chi connectivity index (χ0v) is 11.8. The molecule has 110 valence electrons. The molecule has 5 nitrogen and oxygen atoms in total. The molecule has 0 aliphatic carbocycles. The number of hydrogen-bond acceptors (Lipinski definition) is 4. The molecule has 0 saturated heterocycles. The van der Waals surface area contributed by atoms with Crippen LogP contribution in [0.2, 0.25) is 0 Å². The van der Waals surface area contributed by atoms with E-state index < -0.39 is 0 Å². The summed E-state index contributed by atoms with van der Waals surface area (Å²) in [6, 6.07) is 11.1. The lowest BCUT2D eigenvalue weighted by Crippen LogP contribution is -2.19. The SMILES string of the molecule is Nc1ccccc1NC(=O)COCCCc1ccncc1. The summed E-state index contributed by atoms with van der Waals surface area (Å²) in [7, 11) is 0. The lowest BCUT2D eigenvalue weighted by molar-refractivity contribution is -0.120. The predicted molar refractivity (Wildman–Crippen MR) is 82.9 cm³/mol. The van der Waals surface area contributed by atoms with Gasteiger partial charge in [-0.2, -0.15) is 0 Å². The molecule has 1 aromatic heterocycles. The van der Waals surface area contributed by atoms with E-state index in [1.165, 1.54) is 5.56 Å². The smallest absolute Gasteiger partial charge is 0.250 e. The molecule has 2 aromatic rings. The number of benzene rings is 1. The molecule has 1 heterocycles. The number of para-hydroxylation sites is 2. The summed E-state index contributed by atoms with van der Waals surface area (Å²) in [5.41, 5.74) is 8.13. The van der Waals surface area contributed by atoms with Crippen LogP contribution in [0.1, 0.15) is 12.0 Å². The van der Waals surface area contributed by atoms with Crippen LogP contribution in [0.15, 0.2) is 48.8 Å². The molecule has 0 bridgehead atoms. The van der Waals surface area contributed by atoms with Crippen LogP contribution in [0.25, 0.3) is 0 Å². The first kappa shape index (κ1) is 15.0. The van der Waals surface area contributed by atoms with Crippen molar-refractivity contribution >= 4 is 17.3 Å². The van der Waals surface area contributed by atoms with Crippen LogP contribution in [-0.2, 0) is 16.0 Å². The Morgan fingerprint density at radius 2 is 1.95 bits per heavy atom. The first-order chi connectivity index (χ1) is 10.3. The molecule has 3 N–H and O–H groups in total. The van der Waals surface area contributed by atoms with Crippen LogP contribution in [-0.4, -0.2) is 24.1 Å². The number of anilines is 2. The lowest BCUT2D eigenvalue weighted by atomic mass is 10.1. The number of hydrogen-bond donors (Lipinski definition) is 2. The molecular weight excluding hydrogens is 266 g/mol. The van der Waals surface area contributed by atoms with E-state index in [1.807, 2.05) is 24.3 Å². The fourth-order valence-electron chi connectivity index (χ4n) is 1.89. The van der Waals surface area contributed by atoms with Gasteiger partial charge in [0.1, 0.15) is 6.61 Å². The molecule has 2 rings (SSSR count). The fourth-order valence-corrected chi connectivity index (χ4v) is 1.89. The minimum atomic E-state index is -0.197. The topological polar surface area (TPSA) is 77.2 Å². The average Bonchev–Trinajstić information content (AvgIpc) is 2.50. The average molecular weight is 285 g/mol. The summed E-state index contributed by atoms with van der Waals surface area (Å²) in [4.78, 5) is 15.7. The lowest BCUT2D eigenvalue weighted by Gasteiger charge is -2.08. The van der Waals surface area contributed by atoms with Crippen LogP contribution < -0.4 is 11.1 Å². The van der Waals surface area contributed by atoms with Gasteiger partial charge >= 0.3 is 0 Å². The van der Waals surface area contributed by atoms with Gasteiger partial charge in [-0.3, -0.25) is 9.78 Å². The molecule has 0 aliphatic rings. The molecule has 0 unspecified atom stereocenters. The van der Waals surface area contributed by atoms with E-state index in [1.54, 1.807) is 24.5 Å². The van der Waals surface area contributed by atoms with Gasteiger partial charge in [0.25, 0.3) is 0 Å². The minimum Gasteiger partial charge on any atom is -0.397 e. The number of rotatable bonds is 7. The van der Waals surface area contributed by atoms with E-state index in [0.29, 0.717) is 18.0 Å². The molecule has 0 spiro atoms. The molecule has 0 aliphatic heterocycles. The summed E-state index contributed by atoms with van der Waals surface area (Å²) in [6.07, 6.45) is 5.32. The van der Waals surface area contributed by atoms with Gasteiger partial charge in [-0.05, 0) is 42.7 Å². The van der Waals surface area contributed by atoms with Crippen LogP contribution >= 0.6 is 0 Å². The third-order valence-electron chi connectivity index (χ3n) is 2.97. The molecule has 5 heteroatoms. The summed E-state index contributed by atoms with van der Waals surface area (Å²) in [5.74, 6) is -0.197. The molecule has 1 amide bonds. The van der Waals surface area contributed by atoms with E-state index >= 15 is 0 Å². The Morgan fingerprint density at radius 3 is 2.71 bits per heavy atom. The quantitative estimate of drug-likeness (QED) is 0.604. The van der Waals surface area contributed by atoms with Crippen molar-refractivity contribution in [3.8, 4) is 0 Å². The molecular formula is C16H19N3O2. The Labute approximate surface area is 124 Å². The van der Waals surface area contributed by atoms with E-state index in [-0.39, 0.29) is 12.5 Å². The summed E-state index contributed by atoms with van der Waals surface area (Å²) in [6.45, 7) is 0.574. The highest BCUT2D eigenvalue weighted by Crippen LogP contribution is 2.16. The fraction of sp³-hybridized carbons (Fsp3) is 0.250. The summed E-state index contributed by atoms with van der Waals surface area (Å²) in [5, 5.41) is 2.72. The first-order valence-electron chi connectivity index (χ1n) is 6.87. The van der Waals surface area contributed by atoms with Crippen molar-refractivity contribution in [2.45, 2.75) is 12.8 Å². The van der Waals surface area contributed by atoms with Crippen LogP contribution in [0.4, 0.5) is 11.4 Å². The van der Waals surface area contributed by atoms with Crippen molar-refractivity contribution < 1.29 is 9.53 Å². The van der Waals surface area contributed by atoms with Gasteiger partial charge in [0.15, 0.2) is 0 Å². The van der Waals surface area contributed by atoms with Crippen LogP contribution in [0.3, 0.4) is 0 Å². The highest BCUT2D eigenvalue weighted by atomic mass is 16.5. The minimum absolute atomic E-state index is 0.0324. The van der Waals surface area contributed by atoms with E-state index in [9.17, 15) is 4.79 Å². The maximum Gasteiger partial charge on any atom is 0.250 e. The Hall–Kier alpha value is -2.40. The highest BCUT2D eigenvalue weighted by molar-refractivity contribution is 5.94. The number of nitrogen functional groups attached to an aromatic ring is 1. The second kappa shape index (κ2) is 8.01. The van der Waals surface area contributed by atoms with Crippen molar-refractivity contribution in [3.63, 3.8) is 0 Å². The van der Waals surface area contributed by atoms with Crippen molar-refractivity contribution in [1.82, 2.24) is 4.98 Å². The molecule has 0 fully saturated rings. The highest BCUT2D eigenvalue weighted by Gasteiger charge is 2.04. The van der Waals surface area contributed by atoms with Gasteiger partial charge in [-0.1, -0.05) is 12.1 Å². The van der Waals surface area contributed by atoms with Crippen molar-refractivity contribution in [2.24, 2.45) is 0 Å². The normalized spacial score (nSPS) is 10.3. The third kappa shape index (κ3) is 5.24. The van der Waals surface area contributed by atoms with Crippen LogP contribution in [0.5, 0.6) is 0 Å². The van der Waals surface area contributed by atoms with Gasteiger partial charge in [-0.15, -0.1) is 0 Å². The predicted octanol–water partition coefficient (Wildman–Crippen LogP) is 2.25. The molecule has 0 saturated carbocycles. The van der Waals surface area contributed by atoms with Gasteiger partial charge < -0.3 is 15.8 Å². The van der Waals surface area contributed by atoms with Gasteiger partial charge in [-0.25, -0.2) is 0 Å². The third-order valence-corrected chi connectivity index (χ3v) is 2.97. The molecule has 1 aromatic carbocycles. The number of aryl methyl sites for hydroxylation is 1. The zero-order valence-electron chi connectivity index (χ0n) is 11.8. The second-order valence-corrected chi connectivity index (χ2v) is 4.65. The number of carbonyl (C=O) groups excluding carboxylic acids is 1. The number of carbonyl (C=O) groups is 1. The van der Waals surface area contributed by atoms with Gasteiger partial charge in [0.05, 0.1) is 11.4 Å². The Balaban J connectivity index is 1.63. The second-order valence-electron chi connectivity index (χ2n) is 4.65. The number of aromatic nitrogens is 1. The summed E-state index contributed by atoms with van der Waals surface area (Å²) >= 11 is 0. The Bertz CT molecular complexity index is 573. The van der Waals surface area contributed by atoms with Gasteiger partial charge in [0.2, 0.25) is 5.91 Å². The number of nitrogens with zero attached hydrogens (tertiary/aromatic N) is 1. The maximum absolute atomic E-state index is 11.7. The number of amides is 1. The number of nitrogens with two attached hydrogens (primary N) is 1. The standard InChI is InChI=1S/C16H19N3O2/c17-14-5-1-2-6-15(14)19-16(20)12-21-11-3-4-13-7-9-18-10-8-13/h1-2,5-10H,3-4,11-12,17H2,(H,19,20). The van der Waals surface area contributed by atoms with Crippen molar-refractivity contribution in [2.75, 3.05) is 24.3 Å². The molecule has 0 atom stereocenters. The van der Waals surface area contributed by atoms with Crippen LogP contribution in [0, 0.1) is 0 Å². The largest absolute Gasteiger partial charge is 0.397 e.